The Kier molecular flexibility index (Phi) is 4.97. The topological polar surface area (TPSA) is 59.3 Å². The van der Waals surface area contributed by atoms with E-state index >= 15 is 0 Å². The average Bonchev–Trinajstić information content (AvgIpc) is 2.76. The van der Waals surface area contributed by atoms with E-state index in [0.717, 1.165) is 57.1 Å². The molecule has 17 heavy (non-hydrogen) atoms. The molecule has 5 heteroatoms. The molecule has 2 rings (SSSR count). The first kappa shape index (κ1) is 12.5. The summed E-state index contributed by atoms with van der Waals surface area (Å²) >= 11 is 0. The number of nitrogens with one attached hydrogen (secondary N) is 2. The van der Waals surface area contributed by atoms with Gasteiger partial charge in [0, 0.05) is 12.6 Å². The van der Waals surface area contributed by atoms with Crippen LogP contribution in [0.3, 0.4) is 0 Å². The lowest BCUT2D eigenvalue weighted by Gasteiger charge is -2.22. The molecule has 2 heterocycles. The third kappa shape index (κ3) is 4.46. The van der Waals surface area contributed by atoms with Crippen LogP contribution in [-0.2, 0) is 11.3 Å². The first-order chi connectivity index (χ1) is 8.34. The Labute approximate surface area is 102 Å². The van der Waals surface area contributed by atoms with E-state index in [1.807, 2.05) is 13.0 Å². The predicted octanol–water partition coefficient (Wildman–Crippen LogP) is 0.841. The van der Waals surface area contributed by atoms with Crippen molar-refractivity contribution in [3.63, 3.8) is 0 Å². The zero-order chi connectivity index (χ0) is 11.9. The second-order valence-electron chi connectivity index (χ2n) is 4.43. The molecular weight excluding hydrogens is 218 g/mol. The van der Waals surface area contributed by atoms with Crippen LogP contribution in [0.2, 0.25) is 0 Å². The number of aryl methyl sites for hydroxylation is 1. The zero-order valence-electron chi connectivity index (χ0n) is 10.4. The maximum absolute atomic E-state index is 5.78. The van der Waals surface area contributed by atoms with Crippen LogP contribution in [0.1, 0.15) is 24.3 Å². The lowest BCUT2D eigenvalue weighted by atomic mass is 10.1. The molecule has 0 bridgehead atoms. The SMILES string of the molecule is Cc1cc(CNCCOC2CCNCC2)on1. The molecule has 0 saturated carbocycles. The van der Waals surface area contributed by atoms with Gasteiger partial charge < -0.3 is 19.9 Å². The summed E-state index contributed by atoms with van der Waals surface area (Å²) in [7, 11) is 0. The lowest BCUT2D eigenvalue weighted by Crippen LogP contribution is -2.33. The largest absolute Gasteiger partial charge is 0.377 e. The van der Waals surface area contributed by atoms with Crippen molar-refractivity contribution in [3.05, 3.63) is 17.5 Å². The molecule has 1 fully saturated rings. The molecule has 1 aliphatic rings. The molecule has 0 amide bonds. The van der Waals surface area contributed by atoms with Gasteiger partial charge >= 0.3 is 0 Å². The Hall–Kier alpha value is -0.910. The summed E-state index contributed by atoms with van der Waals surface area (Å²) in [6.45, 7) is 6.41. The zero-order valence-corrected chi connectivity index (χ0v) is 10.4. The average molecular weight is 239 g/mol. The quantitative estimate of drug-likeness (QED) is 0.720. The monoisotopic (exact) mass is 239 g/mol. The third-order valence-corrected chi connectivity index (χ3v) is 2.89. The second-order valence-corrected chi connectivity index (χ2v) is 4.43. The van der Waals surface area contributed by atoms with Crippen LogP contribution in [0.4, 0.5) is 0 Å². The van der Waals surface area contributed by atoms with Gasteiger partial charge in [0.25, 0.3) is 0 Å². The van der Waals surface area contributed by atoms with E-state index in [4.69, 9.17) is 9.26 Å². The molecule has 5 nitrogen and oxygen atoms in total. The van der Waals surface area contributed by atoms with E-state index in [9.17, 15) is 0 Å². The number of hydrogen-bond donors (Lipinski definition) is 2. The summed E-state index contributed by atoms with van der Waals surface area (Å²) < 4.78 is 10.9. The van der Waals surface area contributed by atoms with E-state index in [-0.39, 0.29) is 0 Å². The van der Waals surface area contributed by atoms with E-state index in [1.54, 1.807) is 0 Å². The van der Waals surface area contributed by atoms with Gasteiger partial charge in [-0.15, -0.1) is 0 Å². The van der Waals surface area contributed by atoms with Crippen LogP contribution >= 0.6 is 0 Å². The van der Waals surface area contributed by atoms with E-state index in [2.05, 4.69) is 15.8 Å². The second kappa shape index (κ2) is 6.74. The summed E-state index contributed by atoms with van der Waals surface area (Å²) in [6, 6.07) is 1.95. The minimum absolute atomic E-state index is 0.436. The minimum atomic E-state index is 0.436. The molecule has 96 valence electrons. The van der Waals surface area contributed by atoms with Crippen molar-refractivity contribution in [2.24, 2.45) is 0 Å². The third-order valence-electron chi connectivity index (χ3n) is 2.89. The maximum Gasteiger partial charge on any atom is 0.150 e. The predicted molar refractivity (Wildman–Crippen MR) is 64.8 cm³/mol. The number of hydrogen-bond acceptors (Lipinski definition) is 5. The summed E-state index contributed by atoms with van der Waals surface area (Å²) in [5, 5.41) is 10.4. The number of ether oxygens (including phenoxy) is 1. The van der Waals surface area contributed by atoms with Gasteiger partial charge in [0.2, 0.25) is 0 Å². The van der Waals surface area contributed by atoms with Crippen LogP contribution < -0.4 is 10.6 Å². The van der Waals surface area contributed by atoms with E-state index in [0.29, 0.717) is 6.10 Å². The van der Waals surface area contributed by atoms with Crippen LogP contribution in [0, 0.1) is 6.92 Å². The highest BCUT2D eigenvalue weighted by Gasteiger charge is 2.12. The molecule has 0 unspecified atom stereocenters. The highest BCUT2D eigenvalue weighted by Crippen LogP contribution is 2.06. The number of nitrogens with zero attached hydrogens (tertiary/aromatic N) is 1. The van der Waals surface area contributed by atoms with Gasteiger partial charge in [-0.05, 0) is 32.9 Å². The molecule has 1 saturated heterocycles. The Morgan fingerprint density at radius 1 is 1.53 bits per heavy atom. The van der Waals surface area contributed by atoms with Crippen molar-refractivity contribution in [1.29, 1.82) is 0 Å². The normalized spacial score (nSPS) is 17.5. The van der Waals surface area contributed by atoms with Gasteiger partial charge in [0.05, 0.1) is 24.9 Å². The number of rotatable bonds is 6. The van der Waals surface area contributed by atoms with Crippen LogP contribution in [0.15, 0.2) is 10.6 Å². The van der Waals surface area contributed by atoms with Gasteiger partial charge in [-0.25, -0.2) is 0 Å². The lowest BCUT2D eigenvalue weighted by molar-refractivity contribution is 0.0346. The molecule has 1 aromatic rings. The standard InChI is InChI=1S/C12H21N3O2/c1-10-8-12(17-15-10)9-14-6-7-16-11-2-4-13-5-3-11/h8,11,13-14H,2-7,9H2,1H3. The highest BCUT2D eigenvalue weighted by molar-refractivity contribution is 5.02. The molecule has 0 aromatic carbocycles. The molecule has 0 radical (unpaired) electrons. The first-order valence-corrected chi connectivity index (χ1v) is 6.30. The van der Waals surface area contributed by atoms with Gasteiger partial charge in [-0.2, -0.15) is 0 Å². The molecule has 1 aliphatic heterocycles. The van der Waals surface area contributed by atoms with Crippen molar-refractivity contribution in [2.75, 3.05) is 26.2 Å². The van der Waals surface area contributed by atoms with Crippen LogP contribution in [-0.4, -0.2) is 37.5 Å². The Bertz CT molecular complexity index is 321. The summed E-state index contributed by atoms with van der Waals surface area (Å²) in [5.41, 5.74) is 0.924. The van der Waals surface area contributed by atoms with Crippen molar-refractivity contribution in [1.82, 2.24) is 15.8 Å². The Balaban J connectivity index is 1.51. The van der Waals surface area contributed by atoms with Crippen molar-refractivity contribution in [3.8, 4) is 0 Å². The minimum Gasteiger partial charge on any atom is -0.377 e. The summed E-state index contributed by atoms with van der Waals surface area (Å²) in [6.07, 6.45) is 2.69. The maximum atomic E-state index is 5.78. The van der Waals surface area contributed by atoms with Crippen molar-refractivity contribution < 1.29 is 9.26 Å². The van der Waals surface area contributed by atoms with Gasteiger partial charge in [0.1, 0.15) is 0 Å². The molecule has 0 atom stereocenters. The van der Waals surface area contributed by atoms with Crippen molar-refractivity contribution >= 4 is 0 Å². The Morgan fingerprint density at radius 2 is 2.35 bits per heavy atom. The number of piperidine rings is 1. The summed E-state index contributed by atoms with van der Waals surface area (Å²) in [5.74, 6) is 0.879. The van der Waals surface area contributed by atoms with Crippen LogP contribution in [0.25, 0.3) is 0 Å². The molecule has 1 aromatic heterocycles. The van der Waals surface area contributed by atoms with Gasteiger partial charge in [0.15, 0.2) is 5.76 Å². The van der Waals surface area contributed by atoms with E-state index in [1.165, 1.54) is 0 Å². The molecular formula is C12H21N3O2. The fraction of sp³-hybridized carbons (Fsp3) is 0.750. The van der Waals surface area contributed by atoms with Crippen molar-refractivity contribution in [2.45, 2.75) is 32.4 Å². The Morgan fingerprint density at radius 3 is 3.06 bits per heavy atom. The molecule has 0 aliphatic carbocycles. The fourth-order valence-corrected chi connectivity index (χ4v) is 1.97. The summed E-state index contributed by atoms with van der Waals surface area (Å²) in [4.78, 5) is 0. The smallest absolute Gasteiger partial charge is 0.150 e. The molecule has 0 spiro atoms. The molecule has 2 N–H and O–H groups in total. The van der Waals surface area contributed by atoms with E-state index < -0.39 is 0 Å². The highest BCUT2D eigenvalue weighted by atomic mass is 16.5. The number of aromatic nitrogens is 1. The van der Waals surface area contributed by atoms with Gasteiger partial charge in [-0.1, -0.05) is 5.16 Å². The fourth-order valence-electron chi connectivity index (χ4n) is 1.97. The first-order valence-electron chi connectivity index (χ1n) is 6.30. The van der Waals surface area contributed by atoms with Crippen LogP contribution in [0.5, 0.6) is 0 Å². The van der Waals surface area contributed by atoms with Gasteiger partial charge in [-0.3, -0.25) is 0 Å².